The number of hydrogen-bond acceptors (Lipinski definition) is 3. The third-order valence-corrected chi connectivity index (χ3v) is 7.27. The van der Waals surface area contributed by atoms with Crippen LogP contribution in [0.15, 0.2) is 18.3 Å². The van der Waals surface area contributed by atoms with Crippen molar-refractivity contribution in [1.29, 1.82) is 0 Å². The zero-order chi connectivity index (χ0) is 17.5. The third kappa shape index (κ3) is 2.96. The monoisotopic (exact) mass is 373 g/mol. The molecule has 0 unspecified atom stereocenters. The van der Waals surface area contributed by atoms with Crippen LogP contribution < -0.4 is 0 Å². The van der Waals surface area contributed by atoms with Gasteiger partial charge in [0.25, 0.3) is 0 Å². The van der Waals surface area contributed by atoms with Crippen molar-refractivity contribution >= 4 is 22.6 Å². The number of nitrogens with zero attached hydrogens (tertiary/aromatic N) is 2. The quantitative estimate of drug-likeness (QED) is 0.786. The van der Waals surface area contributed by atoms with Gasteiger partial charge in [-0.05, 0) is 55.7 Å². The molecule has 2 aromatic heterocycles. The number of hydrogen-bond donors (Lipinski definition) is 1. The van der Waals surface area contributed by atoms with Crippen LogP contribution in [0.25, 0.3) is 11.0 Å². The van der Waals surface area contributed by atoms with Gasteiger partial charge in [-0.15, -0.1) is 11.6 Å². The molecule has 1 N–H and O–H groups in total. The van der Waals surface area contributed by atoms with Gasteiger partial charge in [0.15, 0.2) is 0 Å². The molecule has 140 valence electrons. The first-order valence-electron chi connectivity index (χ1n) is 10.3. The van der Waals surface area contributed by atoms with E-state index in [1.807, 2.05) is 12.3 Å². The number of aromatic amines is 1. The lowest BCUT2D eigenvalue weighted by atomic mass is 9.78. The highest BCUT2D eigenvalue weighted by Gasteiger charge is 2.39. The smallest absolute Gasteiger partial charge is 0.137 e. The van der Waals surface area contributed by atoms with Gasteiger partial charge in [0.05, 0.1) is 11.8 Å². The normalized spacial score (nSPS) is 32.8. The summed E-state index contributed by atoms with van der Waals surface area (Å²) in [5.74, 6) is 0.661. The number of alkyl halides is 1. The molecular weight excluding hydrogens is 346 g/mol. The van der Waals surface area contributed by atoms with Crippen LogP contribution >= 0.6 is 11.6 Å². The molecule has 0 aromatic carbocycles. The second-order valence-corrected chi connectivity index (χ2v) is 8.77. The standard InChI is InChI=1S/C21H28ClN3O/c22-17-9-11-25(18-7-2-1-5-15(17)18)13-16-14-6-3-10-23-21(14)24-20(16)19-8-4-12-26-19/h3,6,10,15,17-19H,1-2,4-5,7-9,11-13H2,(H,23,24)/t15-,17+,18-,19+/m0/s1. The Kier molecular flexibility index (Phi) is 4.68. The number of rotatable bonds is 3. The molecule has 2 aromatic rings. The van der Waals surface area contributed by atoms with E-state index in [-0.39, 0.29) is 6.10 Å². The van der Waals surface area contributed by atoms with Crippen LogP contribution in [0.1, 0.15) is 62.3 Å². The van der Waals surface area contributed by atoms with Gasteiger partial charge in [-0.3, -0.25) is 4.90 Å². The van der Waals surface area contributed by atoms with E-state index in [4.69, 9.17) is 16.3 Å². The summed E-state index contributed by atoms with van der Waals surface area (Å²) in [6, 6.07) is 4.89. The second kappa shape index (κ2) is 7.14. The maximum absolute atomic E-state index is 6.70. The van der Waals surface area contributed by atoms with Crippen LogP contribution in [0.2, 0.25) is 0 Å². The Morgan fingerprint density at radius 3 is 3.00 bits per heavy atom. The molecule has 4 atom stereocenters. The van der Waals surface area contributed by atoms with Crippen molar-refractivity contribution in [2.75, 3.05) is 13.2 Å². The topological polar surface area (TPSA) is 41.1 Å². The molecule has 2 saturated heterocycles. The first kappa shape index (κ1) is 17.0. The first-order valence-corrected chi connectivity index (χ1v) is 10.7. The molecule has 0 amide bonds. The summed E-state index contributed by atoms with van der Waals surface area (Å²) in [5, 5.41) is 1.62. The highest BCUT2D eigenvalue weighted by atomic mass is 35.5. The molecule has 1 saturated carbocycles. The molecule has 0 bridgehead atoms. The lowest BCUT2D eigenvalue weighted by Gasteiger charge is -2.46. The van der Waals surface area contributed by atoms with Crippen molar-refractivity contribution < 1.29 is 4.74 Å². The molecule has 5 rings (SSSR count). The summed E-state index contributed by atoms with van der Waals surface area (Å²) in [4.78, 5) is 10.9. The van der Waals surface area contributed by atoms with Gasteiger partial charge < -0.3 is 9.72 Å². The van der Waals surface area contributed by atoms with Crippen molar-refractivity contribution in [3.8, 4) is 0 Å². The molecule has 3 fully saturated rings. The van der Waals surface area contributed by atoms with Gasteiger partial charge in [0.1, 0.15) is 5.65 Å². The average Bonchev–Trinajstić information content (AvgIpc) is 3.32. The Bertz CT molecular complexity index is 770. The Labute approximate surface area is 160 Å². The number of pyridine rings is 1. The highest BCUT2D eigenvalue weighted by Crippen LogP contribution is 2.40. The Morgan fingerprint density at radius 2 is 2.12 bits per heavy atom. The highest BCUT2D eigenvalue weighted by molar-refractivity contribution is 6.20. The van der Waals surface area contributed by atoms with Crippen LogP contribution in [-0.4, -0.2) is 39.4 Å². The summed E-state index contributed by atoms with van der Waals surface area (Å²) in [6.07, 6.45) is 10.7. The minimum atomic E-state index is 0.201. The average molecular weight is 374 g/mol. The van der Waals surface area contributed by atoms with Gasteiger partial charge >= 0.3 is 0 Å². The van der Waals surface area contributed by atoms with Crippen molar-refractivity contribution in [1.82, 2.24) is 14.9 Å². The molecule has 1 aliphatic carbocycles. The van der Waals surface area contributed by atoms with E-state index < -0.39 is 0 Å². The van der Waals surface area contributed by atoms with E-state index in [2.05, 4.69) is 20.9 Å². The van der Waals surface area contributed by atoms with E-state index in [1.54, 1.807) is 0 Å². The fourth-order valence-corrected chi connectivity index (χ4v) is 5.82. The maximum Gasteiger partial charge on any atom is 0.137 e. The fourth-order valence-electron chi connectivity index (χ4n) is 5.43. The van der Waals surface area contributed by atoms with Crippen molar-refractivity contribution in [2.45, 2.75) is 69.0 Å². The van der Waals surface area contributed by atoms with E-state index in [0.717, 1.165) is 44.6 Å². The lowest BCUT2D eigenvalue weighted by Crippen LogP contribution is -2.50. The van der Waals surface area contributed by atoms with Crippen LogP contribution in [0, 0.1) is 5.92 Å². The number of aromatic nitrogens is 2. The molecule has 0 spiro atoms. The summed E-state index contributed by atoms with van der Waals surface area (Å²) >= 11 is 6.70. The van der Waals surface area contributed by atoms with E-state index in [1.165, 1.54) is 42.3 Å². The van der Waals surface area contributed by atoms with E-state index >= 15 is 0 Å². The number of halogens is 1. The summed E-state index contributed by atoms with van der Waals surface area (Å²) in [6.45, 7) is 2.97. The zero-order valence-corrected chi connectivity index (χ0v) is 16.0. The molecule has 4 heterocycles. The van der Waals surface area contributed by atoms with Crippen LogP contribution in [0.5, 0.6) is 0 Å². The number of nitrogens with one attached hydrogen (secondary N) is 1. The van der Waals surface area contributed by atoms with Gasteiger partial charge in [0, 0.05) is 42.7 Å². The zero-order valence-electron chi connectivity index (χ0n) is 15.3. The summed E-state index contributed by atoms with van der Waals surface area (Å²) in [7, 11) is 0. The number of fused-ring (bicyclic) bond motifs is 2. The molecule has 3 aliphatic rings. The fraction of sp³-hybridized carbons (Fsp3) is 0.667. The first-order chi connectivity index (χ1) is 12.8. The van der Waals surface area contributed by atoms with Gasteiger partial charge in [-0.2, -0.15) is 0 Å². The molecule has 26 heavy (non-hydrogen) atoms. The predicted molar refractivity (Wildman–Crippen MR) is 104 cm³/mol. The molecule has 2 aliphatic heterocycles. The van der Waals surface area contributed by atoms with Gasteiger partial charge in [-0.25, -0.2) is 4.98 Å². The van der Waals surface area contributed by atoms with Crippen molar-refractivity contribution in [2.24, 2.45) is 5.92 Å². The predicted octanol–water partition coefficient (Wildman–Crippen LogP) is 4.79. The van der Waals surface area contributed by atoms with Crippen molar-refractivity contribution in [3.63, 3.8) is 0 Å². The summed E-state index contributed by atoms with van der Waals surface area (Å²) in [5.41, 5.74) is 3.66. The number of piperidine rings is 1. The van der Waals surface area contributed by atoms with Crippen molar-refractivity contribution in [3.05, 3.63) is 29.6 Å². The van der Waals surface area contributed by atoms with Gasteiger partial charge in [0.2, 0.25) is 0 Å². The number of H-pyrrole nitrogens is 1. The molecule has 5 heteroatoms. The van der Waals surface area contributed by atoms with Crippen LogP contribution in [-0.2, 0) is 11.3 Å². The Balaban J connectivity index is 1.49. The van der Waals surface area contributed by atoms with Gasteiger partial charge in [-0.1, -0.05) is 12.8 Å². The van der Waals surface area contributed by atoms with E-state index in [0.29, 0.717) is 17.3 Å². The SMILES string of the molecule is Cl[C@@H]1CCN(Cc2c([C@H]3CCCO3)[nH]c3ncccc23)[C@H]2CCCC[C@@H]12. The third-order valence-electron chi connectivity index (χ3n) is 6.73. The number of likely N-dealkylation sites (tertiary alicyclic amines) is 1. The summed E-state index contributed by atoms with van der Waals surface area (Å²) < 4.78 is 6.02. The van der Waals surface area contributed by atoms with E-state index in [9.17, 15) is 0 Å². The number of ether oxygens (including phenoxy) is 1. The van der Waals surface area contributed by atoms with Crippen LogP contribution in [0.4, 0.5) is 0 Å². The Morgan fingerprint density at radius 1 is 1.19 bits per heavy atom. The minimum Gasteiger partial charge on any atom is -0.372 e. The largest absolute Gasteiger partial charge is 0.372 e. The molecule has 4 nitrogen and oxygen atoms in total. The minimum absolute atomic E-state index is 0.201. The maximum atomic E-state index is 6.70. The lowest BCUT2D eigenvalue weighted by molar-refractivity contribution is 0.0562. The molecule has 0 radical (unpaired) electrons. The van der Waals surface area contributed by atoms with Crippen LogP contribution in [0.3, 0.4) is 0 Å². The molecular formula is C21H28ClN3O. The second-order valence-electron chi connectivity index (χ2n) is 8.21. The Hall–Kier alpha value is -1.10.